The van der Waals surface area contributed by atoms with Crippen molar-refractivity contribution in [1.82, 2.24) is 5.32 Å². The molecule has 0 radical (unpaired) electrons. The molecule has 0 saturated carbocycles. The van der Waals surface area contributed by atoms with Crippen molar-refractivity contribution < 1.29 is 9.13 Å². The Balaban J connectivity index is 2.30. The van der Waals surface area contributed by atoms with Gasteiger partial charge in [-0.1, -0.05) is 22.9 Å². The highest BCUT2D eigenvalue weighted by molar-refractivity contribution is 9.10. The molecule has 0 amide bonds. The molecule has 0 spiro atoms. The fourth-order valence-electron chi connectivity index (χ4n) is 2.17. The van der Waals surface area contributed by atoms with E-state index in [1.165, 1.54) is 6.07 Å². The number of hydrogen-bond donors (Lipinski definition) is 1. The molecule has 19 heavy (non-hydrogen) atoms. The third-order valence-electron chi connectivity index (χ3n) is 3.11. The van der Waals surface area contributed by atoms with Gasteiger partial charge >= 0.3 is 0 Å². The van der Waals surface area contributed by atoms with Crippen molar-refractivity contribution in [3.63, 3.8) is 0 Å². The van der Waals surface area contributed by atoms with Gasteiger partial charge in [0.2, 0.25) is 0 Å². The van der Waals surface area contributed by atoms with Gasteiger partial charge in [0, 0.05) is 4.47 Å². The van der Waals surface area contributed by atoms with Gasteiger partial charge in [-0.3, -0.25) is 0 Å². The average molecular weight is 328 g/mol. The lowest BCUT2D eigenvalue weighted by Gasteiger charge is -2.26. The molecular weight excluding hydrogens is 309 g/mol. The Labute approximate surface area is 122 Å². The van der Waals surface area contributed by atoms with Crippen LogP contribution in [0.15, 0.2) is 34.5 Å². The Bertz CT molecular complexity index is 461. The molecule has 4 heteroatoms. The molecule has 0 aromatic heterocycles. The first kappa shape index (κ1) is 14.5. The summed E-state index contributed by atoms with van der Waals surface area (Å²) in [6.45, 7) is 3.72. The van der Waals surface area contributed by atoms with Crippen LogP contribution in [0.2, 0.25) is 0 Å². The summed E-state index contributed by atoms with van der Waals surface area (Å²) in [6, 6.07) is 4.69. The van der Waals surface area contributed by atoms with Crippen molar-refractivity contribution in [2.24, 2.45) is 0 Å². The Morgan fingerprint density at radius 3 is 3.00 bits per heavy atom. The highest BCUT2D eigenvalue weighted by Crippen LogP contribution is 2.31. The summed E-state index contributed by atoms with van der Waals surface area (Å²) in [5, 5.41) is 3.43. The van der Waals surface area contributed by atoms with E-state index in [2.05, 4.69) is 34.2 Å². The van der Waals surface area contributed by atoms with Crippen molar-refractivity contribution in [1.29, 1.82) is 0 Å². The Morgan fingerprint density at radius 1 is 1.47 bits per heavy atom. The van der Waals surface area contributed by atoms with E-state index < -0.39 is 0 Å². The highest BCUT2D eigenvalue weighted by Gasteiger charge is 2.21. The van der Waals surface area contributed by atoms with Gasteiger partial charge in [-0.2, -0.15) is 0 Å². The summed E-state index contributed by atoms with van der Waals surface area (Å²) in [5.41, 5.74) is 0.890. The van der Waals surface area contributed by atoms with E-state index in [9.17, 15) is 4.39 Å². The second-order valence-corrected chi connectivity index (χ2v) is 5.50. The maximum atomic E-state index is 13.5. The molecule has 1 unspecified atom stereocenters. The van der Waals surface area contributed by atoms with Crippen LogP contribution in [-0.4, -0.2) is 13.2 Å². The first-order valence-corrected chi connectivity index (χ1v) is 7.53. The molecule has 1 aliphatic heterocycles. The average Bonchev–Trinajstić information content (AvgIpc) is 2.44. The van der Waals surface area contributed by atoms with Crippen LogP contribution in [0.1, 0.15) is 37.8 Å². The normalized spacial score (nSPS) is 16.7. The van der Waals surface area contributed by atoms with Crippen LogP contribution in [0, 0.1) is 5.82 Å². The van der Waals surface area contributed by atoms with E-state index in [1.807, 2.05) is 0 Å². The summed E-state index contributed by atoms with van der Waals surface area (Å²) >= 11 is 3.50. The number of ether oxygens (including phenoxy) is 1. The third-order valence-corrected chi connectivity index (χ3v) is 3.84. The van der Waals surface area contributed by atoms with Crippen LogP contribution >= 0.6 is 15.9 Å². The topological polar surface area (TPSA) is 21.3 Å². The molecule has 104 valence electrons. The van der Waals surface area contributed by atoms with Crippen molar-refractivity contribution in [3.05, 3.63) is 45.9 Å². The Morgan fingerprint density at radius 2 is 2.32 bits per heavy atom. The highest BCUT2D eigenvalue weighted by atomic mass is 79.9. The summed E-state index contributed by atoms with van der Waals surface area (Å²) in [4.78, 5) is 0. The van der Waals surface area contributed by atoms with E-state index in [1.54, 1.807) is 12.1 Å². The summed E-state index contributed by atoms with van der Waals surface area (Å²) in [7, 11) is 0. The quantitative estimate of drug-likeness (QED) is 0.869. The van der Waals surface area contributed by atoms with Gasteiger partial charge in [0.05, 0.1) is 12.6 Å². The summed E-state index contributed by atoms with van der Waals surface area (Å²) in [5.74, 6) is 0.684. The number of rotatable bonds is 5. The van der Waals surface area contributed by atoms with Gasteiger partial charge in [-0.15, -0.1) is 0 Å². The number of nitrogens with one attached hydrogen (secondary N) is 1. The monoisotopic (exact) mass is 327 g/mol. The van der Waals surface area contributed by atoms with E-state index in [0.717, 1.165) is 48.2 Å². The van der Waals surface area contributed by atoms with Gasteiger partial charge in [-0.05, 0) is 55.6 Å². The van der Waals surface area contributed by atoms with Crippen molar-refractivity contribution >= 4 is 15.9 Å². The molecule has 0 bridgehead atoms. The third kappa shape index (κ3) is 3.80. The van der Waals surface area contributed by atoms with Crippen LogP contribution in [-0.2, 0) is 4.74 Å². The molecule has 0 aliphatic carbocycles. The smallest absolute Gasteiger partial charge is 0.123 e. The van der Waals surface area contributed by atoms with Crippen LogP contribution in [0.4, 0.5) is 4.39 Å². The standard InChI is InChI=1S/C15H19BrFNO/c1-2-8-18-15(14-5-3-4-9-19-14)12-10-11(17)6-7-13(12)16/h5-7,10,15,18H,2-4,8-9H2,1H3. The zero-order valence-electron chi connectivity index (χ0n) is 11.1. The molecule has 2 rings (SSSR count). The Hall–Kier alpha value is -0.870. The maximum Gasteiger partial charge on any atom is 0.123 e. The SMILES string of the molecule is CCCNC(C1=CCCCO1)c1cc(F)ccc1Br. The summed E-state index contributed by atoms with van der Waals surface area (Å²) < 4.78 is 20.1. The number of halogens is 2. The van der Waals surface area contributed by atoms with Crippen molar-refractivity contribution in [2.45, 2.75) is 32.2 Å². The molecule has 1 N–H and O–H groups in total. The minimum Gasteiger partial charge on any atom is -0.496 e. The van der Waals surface area contributed by atoms with Gasteiger partial charge in [-0.25, -0.2) is 4.39 Å². The second kappa shape index (κ2) is 7.06. The second-order valence-electron chi connectivity index (χ2n) is 4.65. The van der Waals surface area contributed by atoms with E-state index in [-0.39, 0.29) is 11.9 Å². The molecule has 1 heterocycles. The molecule has 0 saturated heterocycles. The molecular formula is C15H19BrFNO. The van der Waals surface area contributed by atoms with Crippen LogP contribution in [0.3, 0.4) is 0 Å². The lowest BCUT2D eigenvalue weighted by Crippen LogP contribution is -2.26. The Kier molecular flexibility index (Phi) is 5.40. The van der Waals surface area contributed by atoms with Gasteiger partial charge in [0.1, 0.15) is 11.6 Å². The predicted octanol–water partition coefficient (Wildman–Crippen LogP) is 4.32. The van der Waals surface area contributed by atoms with Crippen molar-refractivity contribution in [3.8, 4) is 0 Å². The predicted molar refractivity (Wildman–Crippen MR) is 78.4 cm³/mol. The lowest BCUT2D eigenvalue weighted by molar-refractivity contribution is 0.167. The van der Waals surface area contributed by atoms with E-state index >= 15 is 0 Å². The molecule has 1 atom stereocenters. The van der Waals surface area contributed by atoms with E-state index in [0.29, 0.717) is 0 Å². The minimum atomic E-state index is -0.224. The molecule has 1 aromatic carbocycles. The number of benzene rings is 1. The maximum absolute atomic E-state index is 13.5. The largest absolute Gasteiger partial charge is 0.496 e. The van der Waals surface area contributed by atoms with Gasteiger partial charge in [0.25, 0.3) is 0 Å². The number of hydrogen-bond acceptors (Lipinski definition) is 2. The van der Waals surface area contributed by atoms with Crippen LogP contribution in [0.25, 0.3) is 0 Å². The summed E-state index contributed by atoms with van der Waals surface area (Å²) in [6.07, 6.45) is 5.20. The lowest BCUT2D eigenvalue weighted by atomic mass is 10.0. The van der Waals surface area contributed by atoms with Gasteiger partial charge in [0.15, 0.2) is 0 Å². The van der Waals surface area contributed by atoms with Crippen LogP contribution in [0.5, 0.6) is 0 Å². The first-order valence-electron chi connectivity index (χ1n) is 6.73. The van der Waals surface area contributed by atoms with Crippen molar-refractivity contribution in [2.75, 3.05) is 13.2 Å². The van der Waals surface area contributed by atoms with E-state index in [4.69, 9.17) is 4.74 Å². The fourth-order valence-corrected chi connectivity index (χ4v) is 2.64. The molecule has 1 aromatic rings. The number of allylic oxidation sites excluding steroid dienone is 1. The zero-order chi connectivity index (χ0) is 13.7. The van der Waals surface area contributed by atoms with Gasteiger partial charge < -0.3 is 10.1 Å². The molecule has 0 fully saturated rings. The first-order chi connectivity index (χ1) is 9.22. The fraction of sp³-hybridized carbons (Fsp3) is 0.467. The minimum absolute atomic E-state index is 0.0784. The molecule has 1 aliphatic rings. The molecule has 2 nitrogen and oxygen atoms in total. The zero-order valence-corrected chi connectivity index (χ0v) is 12.7. The van der Waals surface area contributed by atoms with Crippen LogP contribution < -0.4 is 5.32 Å².